The Hall–Kier alpha value is -2.31. The first-order valence-electron chi connectivity index (χ1n) is 4.94. The summed E-state index contributed by atoms with van der Waals surface area (Å²) in [5, 5.41) is 0.486. The van der Waals surface area contributed by atoms with Crippen molar-refractivity contribution in [2.24, 2.45) is 0 Å². The first-order valence-corrected chi connectivity index (χ1v) is 4.94. The number of hydrogen-bond donors (Lipinski definition) is 2. The number of pyridine rings is 1. The van der Waals surface area contributed by atoms with Gasteiger partial charge in [0.15, 0.2) is 0 Å². The van der Waals surface area contributed by atoms with E-state index in [1.165, 1.54) is 6.07 Å². The highest BCUT2D eigenvalue weighted by molar-refractivity contribution is 5.91. The van der Waals surface area contributed by atoms with Gasteiger partial charge in [0, 0.05) is 5.39 Å². The zero-order chi connectivity index (χ0) is 13.2. The second kappa shape index (κ2) is 4.52. The Morgan fingerprint density at radius 3 is 2.61 bits per heavy atom. The predicted octanol–water partition coefficient (Wildman–Crippen LogP) is 2.33. The Bertz CT molecular complexity index is 583. The van der Waals surface area contributed by atoms with Crippen molar-refractivity contribution < 1.29 is 18.0 Å². The number of halogens is 3. The van der Waals surface area contributed by atoms with E-state index in [9.17, 15) is 18.0 Å². The molecule has 0 unspecified atom stereocenters. The number of carbonyl (C=O) groups is 1. The van der Waals surface area contributed by atoms with E-state index in [4.69, 9.17) is 0 Å². The summed E-state index contributed by atoms with van der Waals surface area (Å²) in [6, 6.07) is 7.18. The number of nitrogens with one attached hydrogen (secondary N) is 2. The summed E-state index contributed by atoms with van der Waals surface area (Å²) in [5.74, 6) is 0. The van der Waals surface area contributed by atoms with Gasteiger partial charge in [0.1, 0.15) is 5.69 Å². The Balaban J connectivity index is 2.60. The van der Waals surface area contributed by atoms with Gasteiger partial charge in [-0.2, -0.15) is 13.2 Å². The summed E-state index contributed by atoms with van der Waals surface area (Å²) in [6.07, 6.45) is -4.20. The number of amides is 1. The number of rotatable bonds is 3. The summed E-state index contributed by atoms with van der Waals surface area (Å²) in [7, 11) is 0. The van der Waals surface area contributed by atoms with Crippen molar-refractivity contribution in [2.75, 3.05) is 5.43 Å². The Morgan fingerprint density at radius 1 is 1.22 bits per heavy atom. The molecule has 0 radical (unpaired) electrons. The van der Waals surface area contributed by atoms with Gasteiger partial charge in [0.2, 0.25) is 6.41 Å². The molecule has 0 atom stereocenters. The van der Waals surface area contributed by atoms with Crippen LogP contribution in [0.25, 0.3) is 10.9 Å². The summed E-state index contributed by atoms with van der Waals surface area (Å²) in [5.41, 5.74) is 3.82. The minimum atomic E-state index is -4.54. The number of para-hydroxylation sites is 1. The Morgan fingerprint density at radius 2 is 1.94 bits per heavy atom. The SMILES string of the molecule is O=CNNc1cc(C(F)(F)F)nc2ccccc12. The lowest BCUT2D eigenvalue weighted by Crippen LogP contribution is -2.20. The highest BCUT2D eigenvalue weighted by Crippen LogP contribution is 2.32. The number of alkyl halides is 3. The number of hydrazine groups is 1. The molecule has 4 nitrogen and oxygen atoms in total. The normalized spacial score (nSPS) is 11.3. The number of aromatic nitrogens is 1. The van der Waals surface area contributed by atoms with Crippen molar-refractivity contribution in [1.82, 2.24) is 10.4 Å². The van der Waals surface area contributed by atoms with E-state index in [1.807, 2.05) is 0 Å². The van der Waals surface area contributed by atoms with Crippen LogP contribution in [0.15, 0.2) is 30.3 Å². The van der Waals surface area contributed by atoms with Crippen LogP contribution in [-0.2, 0) is 11.0 Å². The first-order chi connectivity index (χ1) is 8.52. The van der Waals surface area contributed by atoms with Crippen LogP contribution < -0.4 is 10.9 Å². The molecule has 0 aliphatic carbocycles. The molecule has 2 aromatic rings. The maximum atomic E-state index is 12.6. The third-order valence-electron chi connectivity index (χ3n) is 2.27. The molecule has 0 fully saturated rings. The molecule has 0 aliphatic heterocycles. The topological polar surface area (TPSA) is 54.0 Å². The number of nitrogens with zero attached hydrogens (tertiary/aromatic N) is 1. The molecule has 94 valence electrons. The van der Waals surface area contributed by atoms with Crippen LogP contribution in [0, 0.1) is 0 Å². The number of carbonyl (C=O) groups excluding carboxylic acids is 1. The van der Waals surface area contributed by atoms with Crippen LogP contribution in [-0.4, -0.2) is 11.4 Å². The van der Waals surface area contributed by atoms with Crippen LogP contribution in [0.2, 0.25) is 0 Å². The summed E-state index contributed by atoms with van der Waals surface area (Å²) in [6.45, 7) is 0. The van der Waals surface area contributed by atoms with Gasteiger partial charge in [-0.05, 0) is 12.1 Å². The van der Waals surface area contributed by atoms with Gasteiger partial charge in [-0.15, -0.1) is 0 Å². The summed E-state index contributed by atoms with van der Waals surface area (Å²) in [4.78, 5) is 13.7. The molecule has 0 spiro atoms. The number of benzene rings is 1. The van der Waals surface area contributed by atoms with Crippen molar-refractivity contribution in [3.8, 4) is 0 Å². The van der Waals surface area contributed by atoms with Crippen LogP contribution >= 0.6 is 0 Å². The Labute approximate surface area is 99.8 Å². The second-order valence-electron chi connectivity index (χ2n) is 3.46. The molecular formula is C11H8F3N3O. The molecule has 1 aromatic carbocycles. The van der Waals surface area contributed by atoms with Gasteiger partial charge in [-0.3, -0.25) is 15.6 Å². The lowest BCUT2D eigenvalue weighted by atomic mass is 10.1. The van der Waals surface area contributed by atoms with Gasteiger partial charge in [-0.1, -0.05) is 18.2 Å². The number of fused-ring (bicyclic) bond motifs is 1. The molecule has 7 heteroatoms. The average molecular weight is 255 g/mol. The van der Waals surface area contributed by atoms with Crippen molar-refractivity contribution >= 4 is 23.0 Å². The fraction of sp³-hybridized carbons (Fsp3) is 0.0909. The van der Waals surface area contributed by atoms with Gasteiger partial charge in [-0.25, -0.2) is 4.98 Å². The van der Waals surface area contributed by atoms with Crippen molar-refractivity contribution in [2.45, 2.75) is 6.18 Å². The second-order valence-corrected chi connectivity index (χ2v) is 3.46. The molecule has 1 aromatic heterocycles. The van der Waals surface area contributed by atoms with Gasteiger partial charge in [0.25, 0.3) is 0 Å². The van der Waals surface area contributed by atoms with Crippen molar-refractivity contribution in [1.29, 1.82) is 0 Å². The predicted molar refractivity (Wildman–Crippen MR) is 59.6 cm³/mol. The third-order valence-corrected chi connectivity index (χ3v) is 2.27. The Kier molecular flexibility index (Phi) is 3.05. The molecular weight excluding hydrogens is 247 g/mol. The van der Waals surface area contributed by atoms with Crippen LogP contribution in [0.1, 0.15) is 5.69 Å². The highest BCUT2D eigenvalue weighted by Gasteiger charge is 2.33. The van der Waals surface area contributed by atoms with E-state index in [0.717, 1.165) is 6.07 Å². The maximum Gasteiger partial charge on any atom is 0.433 e. The molecule has 1 amide bonds. The van der Waals surface area contributed by atoms with Gasteiger partial charge < -0.3 is 0 Å². The molecule has 1 heterocycles. The molecule has 0 saturated heterocycles. The first kappa shape index (κ1) is 12.2. The molecule has 0 saturated carbocycles. The number of anilines is 1. The van der Waals surface area contributed by atoms with Crippen molar-refractivity contribution in [3.05, 3.63) is 36.0 Å². The van der Waals surface area contributed by atoms with E-state index in [0.29, 0.717) is 11.8 Å². The summed E-state index contributed by atoms with van der Waals surface area (Å²) < 4.78 is 37.9. The van der Waals surface area contributed by atoms with E-state index in [2.05, 4.69) is 15.8 Å². The minimum absolute atomic E-state index is 0.139. The largest absolute Gasteiger partial charge is 0.433 e. The zero-order valence-corrected chi connectivity index (χ0v) is 8.95. The summed E-state index contributed by atoms with van der Waals surface area (Å²) >= 11 is 0. The van der Waals surface area contributed by atoms with E-state index < -0.39 is 11.9 Å². The van der Waals surface area contributed by atoms with Gasteiger partial charge in [0.05, 0.1) is 11.2 Å². The molecule has 18 heavy (non-hydrogen) atoms. The monoisotopic (exact) mass is 255 g/mol. The lowest BCUT2D eigenvalue weighted by molar-refractivity contribution is -0.140. The van der Waals surface area contributed by atoms with Crippen LogP contribution in [0.3, 0.4) is 0 Å². The quantitative estimate of drug-likeness (QED) is 0.653. The number of hydrogen-bond acceptors (Lipinski definition) is 3. The van der Waals surface area contributed by atoms with Crippen LogP contribution in [0.5, 0.6) is 0 Å². The molecule has 2 N–H and O–H groups in total. The van der Waals surface area contributed by atoms with E-state index >= 15 is 0 Å². The lowest BCUT2D eigenvalue weighted by Gasteiger charge is -2.12. The van der Waals surface area contributed by atoms with Crippen molar-refractivity contribution in [3.63, 3.8) is 0 Å². The molecule has 2 rings (SSSR count). The van der Waals surface area contributed by atoms with E-state index in [-0.39, 0.29) is 11.2 Å². The van der Waals surface area contributed by atoms with Gasteiger partial charge >= 0.3 is 6.18 Å². The average Bonchev–Trinajstić information content (AvgIpc) is 2.34. The molecule has 0 aliphatic rings. The van der Waals surface area contributed by atoms with E-state index in [1.54, 1.807) is 18.2 Å². The zero-order valence-electron chi connectivity index (χ0n) is 8.95. The standard InChI is InChI=1S/C11H8F3N3O/c12-11(13,14)10-5-9(17-15-6-18)7-3-1-2-4-8(7)16-10/h1-6H,(H,15,18)(H,16,17). The molecule has 0 bridgehead atoms. The third kappa shape index (κ3) is 2.34. The highest BCUT2D eigenvalue weighted by atomic mass is 19.4. The minimum Gasteiger partial charge on any atom is -0.298 e. The maximum absolute atomic E-state index is 12.6. The fourth-order valence-corrected chi connectivity index (χ4v) is 1.53. The fourth-order valence-electron chi connectivity index (χ4n) is 1.53. The smallest absolute Gasteiger partial charge is 0.298 e. The van der Waals surface area contributed by atoms with Crippen LogP contribution in [0.4, 0.5) is 18.9 Å².